The van der Waals surface area contributed by atoms with Gasteiger partial charge in [-0.3, -0.25) is 0 Å². The Bertz CT molecular complexity index is 604. The van der Waals surface area contributed by atoms with Crippen LogP contribution in [0.5, 0.6) is 0 Å². The number of carbonyl (C=O) groups excluding carboxylic acids is 1. The molecule has 0 atom stereocenters. The molecular weight excluding hydrogens is 339 g/mol. The van der Waals surface area contributed by atoms with E-state index in [1.807, 2.05) is 0 Å². The Morgan fingerprint density at radius 1 is 1.33 bits per heavy atom. The Labute approximate surface area is 136 Å². The van der Waals surface area contributed by atoms with Crippen molar-refractivity contribution >= 4 is 40.8 Å². The lowest BCUT2D eigenvalue weighted by Gasteiger charge is -2.10. The molecule has 10 heteroatoms. The second-order valence-corrected chi connectivity index (χ2v) is 6.62. The number of aryl methyl sites for hydroxylation is 1. The van der Waals surface area contributed by atoms with Crippen molar-refractivity contribution in [1.82, 2.24) is 29.5 Å². The fourth-order valence-electron chi connectivity index (χ4n) is 1.71. The van der Waals surface area contributed by atoms with Crippen LogP contribution >= 0.6 is 34.8 Å². The average Bonchev–Trinajstić information content (AvgIpc) is 3.07. The number of rotatable bonds is 4. The molecule has 0 aliphatic rings. The minimum absolute atomic E-state index is 0.0560. The van der Waals surface area contributed by atoms with Crippen LogP contribution in [0.25, 0.3) is 0 Å². The summed E-state index contributed by atoms with van der Waals surface area (Å²) in [7, 11) is 0. The first kappa shape index (κ1) is 16.2. The first-order valence-electron chi connectivity index (χ1n) is 6.36. The van der Waals surface area contributed by atoms with Crippen LogP contribution in [-0.4, -0.2) is 35.6 Å². The van der Waals surface area contributed by atoms with Crippen molar-refractivity contribution in [2.24, 2.45) is 0 Å². The highest BCUT2D eigenvalue weighted by Gasteiger charge is 2.33. The van der Waals surface area contributed by atoms with Gasteiger partial charge < -0.3 is 0 Å². The maximum absolute atomic E-state index is 12.3. The molecule has 2 aromatic rings. The van der Waals surface area contributed by atoms with Gasteiger partial charge in [0.05, 0.1) is 0 Å². The van der Waals surface area contributed by atoms with E-state index < -0.39 is 9.82 Å². The Morgan fingerprint density at radius 2 is 2.10 bits per heavy atom. The lowest BCUT2D eigenvalue weighted by molar-refractivity contribution is 0.237. The van der Waals surface area contributed by atoms with Crippen LogP contribution in [0.2, 0.25) is 0 Å². The van der Waals surface area contributed by atoms with Gasteiger partial charge in [-0.05, 0) is 6.42 Å². The minimum Gasteiger partial charge on any atom is -0.243 e. The van der Waals surface area contributed by atoms with Gasteiger partial charge in [-0.1, -0.05) is 54.6 Å². The summed E-state index contributed by atoms with van der Waals surface area (Å²) in [6.45, 7) is 2.09. The van der Waals surface area contributed by atoms with Gasteiger partial charge >= 0.3 is 6.03 Å². The van der Waals surface area contributed by atoms with Crippen LogP contribution < -0.4 is 0 Å². The van der Waals surface area contributed by atoms with E-state index in [9.17, 15) is 4.79 Å². The van der Waals surface area contributed by atoms with Gasteiger partial charge in [-0.25, -0.2) is 14.8 Å². The molecule has 2 aromatic heterocycles. The summed E-state index contributed by atoms with van der Waals surface area (Å²) in [6.07, 6.45) is 6.08. The quantitative estimate of drug-likeness (QED) is 0.625. The fourth-order valence-corrected chi connectivity index (χ4v) is 2.08. The fraction of sp³-hybridized carbons (Fsp3) is 0.545. The van der Waals surface area contributed by atoms with Crippen molar-refractivity contribution < 1.29 is 4.79 Å². The number of aromatic nitrogens is 6. The zero-order valence-corrected chi connectivity index (χ0v) is 13.5. The zero-order valence-electron chi connectivity index (χ0n) is 11.2. The minimum atomic E-state index is -1.85. The van der Waals surface area contributed by atoms with Gasteiger partial charge in [0.1, 0.15) is 12.7 Å². The van der Waals surface area contributed by atoms with Crippen molar-refractivity contribution in [3.8, 4) is 0 Å². The molecule has 0 saturated heterocycles. The van der Waals surface area contributed by atoms with E-state index in [1.54, 1.807) is 0 Å². The van der Waals surface area contributed by atoms with Crippen molar-refractivity contribution in [2.75, 3.05) is 0 Å². The summed E-state index contributed by atoms with van der Waals surface area (Å²) in [5.41, 5.74) is 0. The van der Waals surface area contributed by atoms with E-state index in [0.717, 1.165) is 28.6 Å². The average molecular weight is 352 g/mol. The first-order valence-corrected chi connectivity index (χ1v) is 7.49. The summed E-state index contributed by atoms with van der Waals surface area (Å²) in [6, 6.07) is -0.608. The smallest absolute Gasteiger partial charge is 0.243 e. The predicted molar refractivity (Wildman–Crippen MR) is 78.7 cm³/mol. The summed E-state index contributed by atoms with van der Waals surface area (Å²) >= 11 is 17.6. The zero-order chi connectivity index (χ0) is 15.5. The summed E-state index contributed by atoms with van der Waals surface area (Å²) in [5.74, 6) is 0.401. The molecule has 0 fully saturated rings. The summed E-state index contributed by atoms with van der Waals surface area (Å²) in [5, 5.41) is 7.86. The molecule has 0 aromatic carbocycles. The van der Waals surface area contributed by atoms with Gasteiger partial charge in [0.15, 0.2) is 11.6 Å². The molecule has 0 saturated carbocycles. The topological polar surface area (TPSA) is 78.5 Å². The number of carbonyl (C=O) groups is 1. The van der Waals surface area contributed by atoms with Crippen LogP contribution in [0.3, 0.4) is 0 Å². The van der Waals surface area contributed by atoms with Gasteiger partial charge in [-0.2, -0.15) is 14.5 Å². The first-order chi connectivity index (χ1) is 9.93. The van der Waals surface area contributed by atoms with E-state index in [1.165, 1.54) is 12.7 Å². The lowest BCUT2D eigenvalue weighted by atomic mass is 10.2. The molecule has 0 spiro atoms. The normalized spacial score (nSPS) is 11.8. The molecule has 114 valence electrons. The Kier molecular flexibility index (Phi) is 5.18. The third-order valence-corrected chi connectivity index (χ3v) is 3.21. The third-order valence-electron chi connectivity index (χ3n) is 2.70. The predicted octanol–water partition coefficient (Wildman–Crippen LogP) is 2.95. The van der Waals surface area contributed by atoms with Crippen molar-refractivity contribution in [3.05, 3.63) is 24.3 Å². The van der Waals surface area contributed by atoms with Crippen LogP contribution in [0.4, 0.5) is 4.79 Å². The Morgan fingerprint density at radius 3 is 2.67 bits per heavy atom. The second kappa shape index (κ2) is 6.72. The Hall–Kier alpha value is -1.18. The molecule has 0 radical (unpaired) electrons. The molecule has 0 aliphatic heterocycles. The molecule has 0 N–H and O–H groups in total. The number of nitrogens with zero attached hydrogens (tertiary/aromatic N) is 6. The molecule has 2 heterocycles. The lowest BCUT2D eigenvalue weighted by Crippen LogP contribution is -2.26. The summed E-state index contributed by atoms with van der Waals surface area (Å²) < 4.78 is 0.0830. The highest BCUT2D eigenvalue weighted by molar-refractivity contribution is 6.66. The van der Waals surface area contributed by atoms with Gasteiger partial charge in [-0.15, -0.1) is 5.10 Å². The maximum Gasteiger partial charge on any atom is 0.372 e. The van der Waals surface area contributed by atoms with E-state index in [2.05, 4.69) is 27.1 Å². The van der Waals surface area contributed by atoms with Gasteiger partial charge in [0.25, 0.3) is 0 Å². The standard InChI is InChI=1S/C11H13Cl3N6O/c1-2-3-4-5-8-17-9(11(12,13)14)20(18-8)10(21)19-7-15-6-16-19/h6-7H,2-5H2,1H3. The molecule has 7 nitrogen and oxygen atoms in total. The molecule has 2 rings (SSSR count). The number of alkyl halides is 3. The van der Waals surface area contributed by atoms with Crippen molar-refractivity contribution in [2.45, 2.75) is 36.4 Å². The van der Waals surface area contributed by atoms with Crippen molar-refractivity contribution in [3.63, 3.8) is 0 Å². The number of hydrogen-bond acceptors (Lipinski definition) is 5. The molecule has 0 aliphatic carbocycles. The summed E-state index contributed by atoms with van der Waals surface area (Å²) in [4.78, 5) is 20.1. The third kappa shape index (κ3) is 3.93. The van der Waals surface area contributed by atoms with Gasteiger partial charge in [0.2, 0.25) is 3.79 Å². The van der Waals surface area contributed by atoms with E-state index in [0.29, 0.717) is 12.2 Å². The van der Waals surface area contributed by atoms with E-state index >= 15 is 0 Å². The second-order valence-electron chi connectivity index (χ2n) is 4.34. The highest BCUT2D eigenvalue weighted by Crippen LogP contribution is 2.37. The molecule has 0 unspecified atom stereocenters. The van der Waals surface area contributed by atoms with E-state index in [-0.39, 0.29) is 5.82 Å². The van der Waals surface area contributed by atoms with Crippen LogP contribution in [-0.2, 0) is 10.2 Å². The molecule has 0 bridgehead atoms. The van der Waals surface area contributed by atoms with Crippen molar-refractivity contribution in [1.29, 1.82) is 0 Å². The monoisotopic (exact) mass is 350 g/mol. The highest BCUT2D eigenvalue weighted by atomic mass is 35.6. The van der Waals surface area contributed by atoms with Crippen LogP contribution in [0.1, 0.15) is 37.8 Å². The molecule has 0 amide bonds. The van der Waals surface area contributed by atoms with Crippen LogP contribution in [0, 0.1) is 0 Å². The molecule has 21 heavy (non-hydrogen) atoms. The number of halogens is 3. The Balaban J connectivity index is 2.32. The molecular formula is C11H13Cl3N6O. The maximum atomic E-state index is 12.3. The largest absolute Gasteiger partial charge is 0.372 e. The SMILES string of the molecule is CCCCCc1nc(C(Cl)(Cl)Cl)n(C(=O)n2cncn2)n1. The van der Waals surface area contributed by atoms with Gasteiger partial charge in [0, 0.05) is 6.42 Å². The van der Waals surface area contributed by atoms with E-state index in [4.69, 9.17) is 34.8 Å². The van der Waals surface area contributed by atoms with Crippen LogP contribution in [0.15, 0.2) is 12.7 Å². The number of unbranched alkanes of at least 4 members (excludes halogenated alkanes) is 2. The number of hydrogen-bond donors (Lipinski definition) is 0.